The third-order valence-corrected chi connectivity index (χ3v) is 5.52. The van der Waals surface area contributed by atoms with Gasteiger partial charge in [0, 0.05) is 31.7 Å². The molecule has 3 fully saturated rings. The van der Waals surface area contributed by atoms with Crippen LogP contribution in [0.2, 0.25) is 0 Å². The normalized spacial score (nSPS) is 38.7. The molecule has 3 rings (SSSR count). The molecule has 1 N–H and O–H groups in total. The lowest BCUT2D eigenvalue weighted by atomic mass is 9.80. The van der Waals surface area contributed by atoms with E-state index in [0.29, 0.717) is 12.0 Å². The molecule has 0 aromatic rings. The zero-order valence-electron chi connectivity index (χ0n) is 12.1. The van der Waals surface area contributed by atoms with Crippen molar-refractivity contribution >= 4 is 0 Å². The van der Waals surface area contributed by atoms with Gasteiger partial charge >= 0.3 is 0 Å². The van der Waals surface area contributed by atoms with Crippen LogP contribution in [0.3, 0.4) is 0 Å². The topological polar surface area (TPSA) is 32.7 Å². The number of nitrogens with zero attached hydrogens (tertiary/aromatic N) is 1. The van der Waals surface area contributed by atoms with Crippen molar-refractivity contribution in [1.29, 1.82) is 0 Å². The molecule has 2 heterocycles. The average molecular weight is 267 g/mol. The van der Waals surface area contributed by atoms with Crippen LogP contribution in [0.25, 0.3) is 0 Å². The summed E-state index contributed by atoms with van der Waals surface area (Å²) in [5, 5.41) is 10.3. The molecular weight excluding hydrogens is 238 g/mol. The quantitative estimate of drug-likeness (QED) is 0.852. The second kappa shape index (κ2) is 6.55. The van der Waals surface area contributed by atoms with Crippen molar-refractivity contribution in [2.24, 2.45) is 11.8 Å². The Bertz CT molecular complexity index is 278. The summed E-state index contributed by atoms with van der Waals surface area (Å²) in [5.74, 6) is 1.38. The SMILES string of the molecule is OC1CCCCC1C1CCCN1CC1CCOCC1. The van der Waals surface area contributed by atoms with Gasteiger partial charge in [-0.1, -0.05) is 12.8 Å². The minimum Gasteiger partial charge on any atom is -0.393 e. The van der Waals surface area contributed by atoms with E-state index >= 15 is 0 Å². The molecule has 2 aliphatic heterocycles. The molecule has 0 spiro atoms. The van der Waals surface area contributed by atoms with Gasteiger partial charge in [-0.05, 0) is 51.0 Å². The predicted molar refractivity (Wildman–Crippen MR) is 76.1 cm³/mol. The fourth-order valence-corrected chi connectivity index (χ4v) is 4.41. The number of likely N-dealkylation sites (tertiary alicyclic amines) is 1. The number of aliphatic hydroxyl groups is 1. The molecule has 3 aliphatic rings. The first-order chi connectivity index (χ1) is 9.34. The molecule has 0 radical (unpaired) electrons. The van der Waals surface area contributed by atoms with E-state index in [2.05, 4.69) is 4.90 Å². The van der Waals surface area contributed by atoms with Crippen LogP contribution in [0.15, 0.2) is 0 Å². The molecule has 110 valence electrons. The molecule has 0 aromatic heterocycles. The number of ether oxygens (including phenoxy) is 1. The van der Waals surface area contributed by atoms with Gasteiger partial charge in [0.25, 0.3) is 0 Å². The summed E-state index contributed by atoms with van der Waals surface area (Å²) in [6.45, 7) is 4.41. The molecule has 1 saturated carbocycles. The van der Waals surface area contributed by atoms with E-state index < -0.39 is 0 Å². The highest BCUT2D eigenvalue weighted by Gasteiger charge is 2.37. The Labute approximate surface area is 117 Å². The third kappa shape index (κ3) is 3.32. The summed E-state index contributed by atoms with van der Waals surface area (Å²) < 4.78 is 5.47. The van der Waals surface area contributed by atoms with Crippen LogP contribution in [-0.2, 0) is 4.74 Å². The highest BCUT2D eigenvalue weighted by molar-refractivity contribution is 4.91. The fraction of sp³-hybridized carbons (Fsp3) is 1.00. The second-order valence-corrected chi connectivity index (χ2v) is 6.78. The minimum atomic E-state index is -0.0333. The molecule has 2 saturated heterocycles. The van der Waals surface area contributed by atoms with Crippen LogP contribution >= 0.6 is 0 Å². The maximum atomic E-state index is 10.3. The fourth-order valence-electron chi connectivity index (χ4n) is 4.41. The summed E-state index contributed by atoms with van der Waals surface area (Å²) in [6.07, 6.45) is 9.90. The largest absolute Gasteiger partial charge is 0.393 e. The summed E-state index contributed by atoms with van der Waals surface area (Å²) in [6, 6.07) is 0.665. The molecule has 0 bridgehead atoms. The lowest BCUT2D eigenvalue weighted by Gasteiger charge is -2.39. The van der Waals surface area contributed by atoms with Crippen molar-refractivity contribution in [1.82, 2.24) is 4.90 Å². The first-order valence-corrected chi connectivity index (χ1v) is 8.34. The van der Waals surface area contributed by atoms with Gasteiger partial charge in [-0.15, -0.1) is 0 Å². The van der Waals surface area contributed by atoms with Gasteiger partial charge in [0.15, 0.2) is 0 Å². The van der Waals surface area contributed by atoms with Crippen LogP contribution in [0.4, 0.5) is 0 Å². The van der Waals surface area contributed by atoms with E-state index in [1.807, 2.05) is 0 Å². The molecule has 0 aromatic carbocycles. The van der Waals surface area contributed by atoms with Crippen molar-refractivity contribution in [3.63, 3.8) is 0 Å². The molecule has 3 nitrogen and oxygen atoms in total. The van der Waals surface area contributed by atoms with Gasteiger partial charge in [-0.2, -0.15) is 0 Å². The zero-order valence-corrected chi connectivity index (χ0v) is 12.1. The number of rotatable bonds is 3. The zero-order chi connectivity index (χ0) is 13.1. The van der Waals surface area contributed by atoms with Crippen LogP contribution in [0.5, 0.6) is 0 Å². The molecular formula is C16H29NO2. The van der Waals surface area contributed by atoms with Crippen molar-refractivity contribution in [2.45, 2.75) is 63.5 Å². The highest BCUT2D eigenvalue weighted by atomic mass is 16.5. The number of hydrogen-bond acceptors (Lipinski definition) is 3. The van der Waals surface area contributed by atoms with Crippen LogP contribution < -0.4 is 0 Å². The van der Waals surface area contributed by atoms with Gasteiger partial charge in [0.2, 0.25) is 0 Å². The number of aliphatic hydroxyl groups excluding tert-OH is 1. The summed E-state index contributed by atoms with van der Waals surface area (Å²) >= 11 is 0. The first-order valence-electron chi connectivity index (χ1n) is 8.34. The van der Waals surface area contributed by atoms with Gasteiger partial charge in [-0.3, -0.25) is 4.90 Å². The Morgan fingerprint density at radius 2 is 1.74 bits per heavy atom. The van der Waals surface area contributed by atoms with Gasteiger partial charge < -0.3 is 9.84 Å². The van der Waals surface area contributed by atoms with Crippen molar-refractivity contribution in [3.05, 3.63) is 0 Å². The standard InChI is InChI=1S/C16H29NO2/c18-16-6-2-1-4-14(16)15-5-3-9-17(15)12-13-7-10-19-11-8-13/h13-16,18H,1-12H2. The highest BCUT2D eigenvalue weighted by Crippen LogP contribution is 2.35. The molecule has 19 heavy (non-hydrogen) atoms. The molecule has 3 heteroatoms. The van der Waals surface area contributed by atoms with Crippen LogP contribution in [0.1, 0.15) is 51.4 Å². The van der Waals surface area contributed by atoms with Gasteiger partial charge in [0.05, 0.1) is 6.10 Å². The van der Waals surface area contributed by atoms with Gasteiger partial charge in [0.1, 0.15) is 0 Å². The summed E-state index contributed by atoms with van der Waals surface area (Å²) in [4.78, 5) is 2.70. The summed E-state index contributed by atoms with van der Waals surface area (Å²) in [5.41, 5.74) is 0. The lowest BCUT2D eigenvalue weighted by molar-refractivity contribution is 0.00702. The minimum absolute atomic E-state index is 0.0333. The van der Waals surface area contributed by atoms with E-state index in [-0.39, 0.29) is 6.10 Å². The summed E-state index contributed by atoms with van der Waals surface area (Å²) in [7, 11) is 0. The second-order valence-electron chi connectivity index (χ2n) is 6.78. The predicted octanol–water partition coefficient (Wildman–Crippen LogP) is 2.43. The third-order valence-electron chi connectivity index (χ3n) is 5.52. The Morgan fingerprint density at radius 1 is 0.947 bits per heavy atom. The van der Waals surface area contributed by atoms with Crippen LogP contribution in [-0.4, -0.2) is 48.5 Å². The average Bonchev–Trinajstić information content (AvgIpc) is 2.88. The van der Waals surface area contributed by atoms with Crippen LogP contribution in [0, 0.1) is 11.8 Å². The number of hydrogen-bond donors (Lipinski definition) is 1. The first kappa shape index (κ1) is 13.8. The van der Waals surface area contributed by atoms with Crippen molar-refractivity contribution in [3.8, 4) is 0 Å². The monoisotopic (exact) mass is 267 g/mol. The Kier molecular flexibility index (Phi) is 4.78. The van der Waals surface area contributed by atoms with E-state index in [0.717, 1.165) is 25.6 Å². The van der Waals surface area contributed by atoms with E-state index in [9.17, 15) is 5.11 Å². The Morgan fingerprint density at radius 3 is 2.53 bits per heavy atom. The van der Waals surface area contributed by atoms with Gasteiger partial charge in [-0.25, -0.2) is 0 Å². The molecule has 3 atom stereocenters. The van der Waals surface area contributed by atoms with Crippen molar-refractivity contribution < 1.29 is 9.84 Å². The Hall–Kier alpha value is -0.120. The van der Waals surface area contributed by atoms with E-state index in [1.54, 1.807) is 0 Å². The van der Waals surface area contributed by atoms with Crippen molar-refractivity contribution in [2.75, 3.05) is 26.3 Å². The maximum absolute atomic E-state index is 10.3. The molecule has 0 amide bonds. The van der Waals surface area contributed by atoms with E-state index in [1.165, 1.54) is 58.0 Å². The smallest absolute Gasteiger partial charge is 0.0583 e. The molecule has 1 aliphatic carbocycles. The lowest BCUT2D eigenvalue weighted by Crippen LogP contribution is -2.44. The van der Waals surface area contributed by atoms with E-state index in [4.69, 9.17) is 4.74 Å². The Balaban J connectivity index is 1.57. The maximum Gasteiger partial charge on any atom is 0.0583 e. The molecule has 3 unspecified atom stereocenters.